The first-order chi connectivity index (χ1) is 19.0. The van der Waals surface area contributed by atoms with Crippen LogP contribution in [0.3, 0.4) is 0 Å². The summed E-state index contributed by atoms with van der Waals surface area (Å²) in [6.07, 6.45) is -1.36. The Labute approximate surface area is 235 Å². The van der Waals surface area contributed by atoms with E-state index in [4.69, 9.17) is 23.7 Å². The zero-order valence-corrected chi connectivity index (χ0v) is 23.9. The number of benzene rings is 2. The SMILES string of the molecule is CO[C@@H]1O[C@H](CC(CC[C@H](NS(=O)(=O)c2ccc(C)cc2)C(=O)OCc2ccccc2)NO)[C@H]2OC(C)(C)O[C@@H]12. The molecule has 0 aromatic heterocycles. The molecule has 220 valence electrons. The zero-order chi connectivity index (χ0) is 28.9. The van der Waals surface area contributed by atoms with Crippen molar-refractivity contribution in [2.45, 2.75) is 94.0 Å². The Kier molecular flexibility index (Phi) is 9.96. The number of hydroxylamine groups is 1. The molecule has 0 aliphatic carbocycles. The molecule has 2 aromatic rings. The van der Waals surface area contributed by atoms with Crippen LogP contribution in [0, 0.1) is 6.92 Å². The van der Waals surface area contributed by atoms with Gasteiger partial charge in [-0.05, 0) is 57.7 Å². The summed E-state index contributed by atoms with van der Waals surface area (Å²) in [5.74, 6) is -1.53. The van der Waals surface area contributed by atoms with Gasteiger partial charge in [-0.2, -0.15) is 4.72 Å². The summed E-state index contributed by atoms with van der Waals surface area (Å²) in [7, 11) is -2.51. The van der Waals surface area contributed by atoms with E-state index >= 15 is 0 Å². The molecule has 40 heavy (non-hydrogen) atoms. The molecule has 0 radical (unpaired) electrons. The van der Waals surface area contributed by atoms with Crippen LogP contribution in [0.5, 0.6) is 0 Å². The van der Waals surface area contributed by atoms with Gasteiger partial charge in [0.15, 0.2) is 12.1 Å². The Bertz CT molecular complexity index is 1220. The maximum absolute atomic E-state index is 13.1. The van der Waals surface area contributed by atoms with E-state index < -0.39 is 58.5 Å². The first-order valence-electron chi connectivity index (χ1n) is 13.2. The van der Waals surface area contributed by atoms with Crippen LogP contribution in [0.15, 0.2) is 59.5 Å². The number of ether oxygens (including phenoxy) is 5. The van der Waals surface area contributed by atoms with Gasteiger partial charge in [0.05, 0.1) is 11.0 Å². The van der Waals surface area contributed by atoms with Crippen molar-refractivity contribution in [3.05, 3.63) is 65.7 Å². The summed E-state index contributed by atoms with van der Waals surface area (Å²) in [4.78, 5) is 13.2. The number of hydrogen-bond acceptors (Lipinski definition) is 10. The maximum atomic E-state index is 13.1. The van der Waals surface area contributed by atoms with Gasteiger partial charge in [0.2, 0.25) is 10.0 Å². The van der Waals surface area contributed by atoms with E-state index in [2.05, 4.69) is 10.2 Å². The average molecular weight is 579 g/mol. The summed E-state index contributed by atoms with van der Waals surface area (Å²) in [5, 5.41) is 9.93. The number of carbonyl (C=O) groups excluding carboxylic acids is 1. The van der Waals surface area contributed by atoms with Crippen molar-refractivity contribution in [1.82, 2.24) is 10.2 Å². The molecule has 0 saturated carbocycles. The van der Waals surface area contributed by atoms with Gasteiger partial charge in [-0.15, -0.1) is 0 Å². The third kappa shape index (κ3) is 7.65. The van der Waals surface area contributed by atoms with Crippen molar-refractivity contribution in [1.29, 1.82) is 0 Å². The van der Waals surface area contributed by atoms with Gasteiger partial charge in [0, 0.05) is 13.2 Å². The Morgan fingerprint density at radius 3 is 2.38 bits per heavy atom. The second-order valence-electron chi connectivity index (χ2n) is 10.6. The molecule has 2 heterocycles. The minimum absolute atomic E-state index is 0.00533. The highest BCUT2D eigenvalue weighted by Crippen LogP contribution is 2.40. The largest absolute Gasteiger partial charge is 0.460 e. The number of sulfonamides is 1. The first kappa shape index (κ1) is 30.5. The second-order valence-corrected chi connectivity index (χ2v) is 12.3. The molecule has 11 nitrogen and oxygen atoms in total. The molecular formula is C28H38N2O9S. The lowest BCUT2D eigenvalue weighted by molar-refractivity contribution is -0.228. The van der Waals surface area contributed by atoms with Crippen molar-refractivity contribution >= 4 is 16.0 Å². The third-order valence-electron chi connectivity index (χ3n) is 6.98. The Morgan fingerprint density at radius 1 is 1.05 bits per heavy atom. The van der Waals surface area contributed by atoms with E-state index in [0.29, 0.717) is 6.42 Å². The summed E-state index contributed by atoms with van der Waals surface area (Å²) < 4.78 is 57.6. The van der Waals surface area contributed by atoms with Crippen molar-refractivity contribution in [3.63, 3.8) is 0 Å². The third-order valence-corrected chi connectivity index (χ3v) is 8.47. The summed E-state index contributed by atoms with van der Waals surface area (Å²) >= 11 is 0. The Hall–Kier alpha value is -2.42. The van der Waals surface area contributed by atoms with Crippen LogP contribution >= 0.6 is 0 Å². The molecule has 0 spiro atoms. The fourth-order valence-electron chi connectivity index (χ4n) is 4.93. The van der Waals surface area contributed by atoms with E-state index in [1.165, 1.54) is 19.2 Å². The predicted molar refractivity (Wildman–Crippen MR) is 144 cm³/mol. The minimum atomic E-state index is -4.03. The maximum Gasteiger partial charge on any atom is 0.324 e. The predicted octanol–water partition coefficient (Wildman–Crippen LogP) is 2.79. The van der Waals surface area contributed by atoms with E-state index in [1.54, 1.807) is 12.1 Å². The fraction of sp³-hybridized carbons (Fsp3) is 0.536. The fourth-order valence-corrected chi connectivity index (χ4v) is 6.15. The highest BCUT2D eigenvalue weighted by Gasteiger charge is 2.55. The number of hydrogen-bond donors (Lipinski definition) is 3. The first-order valence-corrected chi connectivity index (χ1v) is 14.7. The van der Waals surface area contributed by atoms with Crippen LogP contribution in [-0.2, 0) is 45.1 Å². The Balaban J connectivity index is 1.44. The summed E-state index contributed by atoms with van der Waals surface area (Å²) in [6.45, 7) is 5.46. The second kappa shape index (κ2) is 13.0. The number of esters is 1. The molecule has 0 amide bonds. The lowest BCUT2D eigenvalue weighted by Crippen LogP contribution is -2.43. The molecule has 1 unspecified atom stereocenters. The molecule has 2 fully saturated rings. The van der Waals surface area contributed by atoms with Crippen molar-refractivity contribution in [2.24, 2.45) is 0 Å². The van der Waals surface area contributed by atoms with Crippen molar-refractivity contribution < 1.29 is 42.1 Å². The molecule has 12 heteroatoms. The van der Waals surface area contributed by atoms with Gasteiger partial charge >= 0.3 is 5.97 Å². The summed E-state index contributed by atoms with van der Waals surface area (Å²) in [5.41, 5.74) is 3.94. The molecule has 2 aliphatic rings. The smallest absolute Gasteiger partial charge is 0.324 e. The molecule has 2 aromatic carbocycles. The highest BCUT2D eigenvalue weighted by molar-refractivity contribution is 7.89. The molecule has 2 aliphatic heterocycles. The van der Waals surface area contributed by atoms with Gasteiger partial charge in [0.1, 0.15) is 24.9 Å². The number of nitrogens with one attached hydrogen (secondary N) is 2. The monoisotopic (exact) mass is 578 g/mol. The molecule has 6 atom stereocenters. The average Bonchev–Trinajstić information content (AvgIpc) is 3.41. The van der Waals surface area contributed by atoms with Gasteiger partial charge < -0.3 is 28.9 Å². The molecule has 4 rings (SSSR count). The number of rotatable bonds is 13. The van der Waals surface area contributed by atoms with Gasteiger partial charge in [0.25, 0.3) is 0 Å². The van der Waals surface area contributed by atoms with Gasteiger partial charge in [-0.25, -0.2) is 13.9 Å². The number of methoxy groups -OCH3 is 1. The van der Waals surface area contributed by atoms with Crippen LogP contribution in [-0.4, -0.2) is 69.2 Å². The summed E-state index contributed by atoms with van der Waals surface area (Å²) in [6, 6.07) is 13.7. The minimum Gasteiger partial charge on any atom is -0.460 e. The Morgan fingerprint density at radius 2 is 1.73 bits per heavy atom. The number of carbonyl (C=O) groups is 1. The topological polar surface area (TPSA) is 142 Å². The lowest BCUT2D eigenvalue weighted by Gasteiger charge is -2.26. The van der Waals surface area contributed by atoms with Gasteiger partial charge in [-0.1, -0.05) is 48.0 Å². The molecular weight excluding hydrogens is 540 g/mol. The molecule has 3 N–H and O–H groups in total. The van der Waals surface area contributed by atoms with Crippen LogP contribution in [0.2, 0.25) is 0 Å². The number of fused-ring (bicyclic) bond motifs is 1. The molecule has 0 bridgehead atoms. The standard InChI is InChI=1S/C28H38N2O9S/c1-18-10-13-21(14-11-18)40(33,34)30-22(26(31)36-17-19-8-6-5-7-9-19)15-12-20(29-32)16-23-24-25(27(35-4)37-23)39-28(2,3)38-24/h5-11,13-14,20,22-25,27,29-30,32H,12,15-17H2,1-4H3/t20?,22-,23+,24+,25+,27+/m0/s1. The van der Waals surface area contributed by atoms with Crippen LogP contribution in [0.4, 0.5) is 0 Å². The van der Waals surface area contributed by atoms with Crippen LogP contribution in [0.25, 0.3) is 0 Å². The number of aryl methyl sites for hydroxylation is 1. The van der Waals surface area contributed by atoms with Crippen molar-refractivity contribution in [2.75, 3.05) is 7.11 Å². The van der Waals surface area contributed by atoms with E-state index in [-0.39, 0.29) is 24.3 Å². The van der Waals surface area contributed by atoms with Crippen LogP contribution in [0.1, 0.15) is 44.2 Å². The van der Waals surface area contributed by atoms with Gasteiger partial charge in [-0.3, -0.25) is 4.79 Å². The van der Waals surface area contributed by atoms with E-state index in [9.17, 15) is 18.4 Å². The molecule has 2 saturated heterocycles. The van der Waals surface area contributed by atoms with Crippen LogP contribution < -0.4 is 10.2 Å². The lowest BCUT2D eigenvalue weighted by atomic mass is 9.98. The van der Waals surface area contributed by atoms with E-state index in [1.807, 2.05) is 51.1 Å². The zero-order valence-electron chi connectivity index (χ0n) is 23.1. The normalized spacial score (nSPS) is 25.3. The highest BCUT2D eigenvalue weighted by atomic mass is 32.2. The van der Waals surface area contributed by atoms with Crippen molar-refractivity contribution in [3.8, 4) is 0 Å². The van der Waals surface area contributed by atoms with E-state index in [0.717, 1.165) is 11.1 Å². The quantitative estimate of drug-likeness (QED) is 0.240.